The Hall–Kier alpha value is -1.51. The maximum absolute atomic E-state index is 10.4. The Kier molecular flexibility index (Phi) is 2.17. The molecule has 3 heteroatoms. The number of fused-ring (bicyclic) bond motifs is 1. The zero-order chi connectivity index (χ0) is 9.10. The van der Waals surface area contributed by atoms with Gasteiger partial charge in [-0.1, -0.05) is 12.1 Å². The molecule has 1 aromatic rings. The molecule has 0 saturated carbocycles. The number of hydrogen-bond acceptors (Lipinski definition) is 3. The standard InChI is InChI=1S/C10H10NO2/c12-7-8-5-6-11-9-3-1-2-4-10(9)13-8/h1-4,8,11H,5-6H2. The van der Waals surface area contributed by atoms with Gasteiger partial charge in [-0.25, -0.2) is 0 Å². The topological polar surface area (TPSA) is 38.3 Å². The summed E-state index contributed by atoms with van der Waals surface area (Å²) in [4.78, 5) is 10.4. The molecule has 1 heterocycles. The minimum Gasteiger partial charge on any atom is -0.480 e. The van der Waals surface area contributed by atoms with Gasteiger partial charge < -0.3 is 10.1 Å². The van der Waals surface area contributed by atoms with Gasteiger partial charge >= 0.3 is 0 Å². The van der Waals surface area contributed by atoms with Crippen LogP contribution in [0.5, 0.6) is 5.75 Å². The SMILES string of the molecule is O=[C]C1CCNc2ccccc2O1. The quantitative estimate of drug-likeness (QED) is 0.702. The van der Waals surface area contributed by atoms with E-state index in [0.29, 0.717) is 6.42 Å². The lowest BCUT2D eigenvalue weighted by Crippen LogP contribution is -2.18. The highest BCUT2D eigenvalue weighted by Crippen LogP contribution is 2.27. The van der Waals surface area contributed by atoms with Gasteiger partial charge in [0.05, 0.1) is 5.69 Å². The van der Waals surface area contributed by atoms with Crippen LogP contribution in [0.2, 0.25) is 0 Å². The highest BCUT2D eigenvalue weighted by atomic mass is 16.5. The first-order valence-electron chi connectivity index (χ1n) is 4.27. The first kappa shape index (κ1) is 8.10. The Balaban J connectivity index is 2.28. The van der Waals surface area contributed by atoms with E-state index in [1.807, 2.05) is 30.6 Å². The van der Waals surface area contributed by atoms with Gasteiger partial charge in [-0.3, -0.25) is 4.79 Å². The first-order valence-corrected chi connectivity index (χ1v) is 4.27. The maximum atomic E-state index is 10.4. The van der Waals surface area contributed by atoms with E-state index >= 15 is 0 Å². The van der Waals surface area contributed by atoms with Crippen LogP contribution in [-0.2, 0) is 4.79 Å². The van der Waals surface area contributed by atoms with Gasteiger partial charge in [0.25, 0.3) is 0 Å². The Morgan fingerprint density at radius 3 is 3.15 bits per heavy atom. The fourth-order valence-corrected chi connectivity index (χ4v) is 1.35. The van der Waals surface area contributed by atoms with Crippen LogP contribution in [0.4, 0.5) is 5.69 Å². The summed E-state index contributed by atoms with van der Waals surface area (Å²) in [6.45, 7) is 0.747. The summed E-state index contributed by atoms with van der Waals surface area (Å²) in [5, 5.41) is 3.19. The van der Waals surface area contributed by atoms with Crippen molar-refractivity contribution in [2.45, 2.75) is 12.5 Å². The molecule has 67 valence electrons. The highest BCUT2D eigenvalue weighted by Gasteiger charge is 2.16. The smallest absolute Gasteiger partial charge is 0.242 e. The Labute approximate surface area is 76.7 Å². The molecule has 0 aromatic heterocycles. The molecule has 0 fully saturated rings. The van der Waals surface area contributed by atoms with Crippen LogP contribution in [0.15, 0.2) is 24.3 Å². The van der Waals surface area contributed by atoms with E-state index in [0.717, 1.165) is 18.0 Å². The van der Waals surface area contributed by atoms with Crippen molar-refractivity contribution in [2.75, 3.05) is 11.9 Å². The number of hydrogen-bond donors (Lipinski definition) is 1. The number of rotatable bonds is 1. The summed E-state index contributed by atoms with van der Waals surface area (Å²) >= 11 is 0. The zero-order valence-electron chi connectivity index (χ0n) is 7.12. The molecule has 3 nitrogen and oxygen atoms in total. The van der Waals surface area contributed by atoms with Crippen molar-refractivity contribution in [1.82, 2.24) is 0 Å². The van der Waals surface area contributed by atoms with Crippen LogP contribution in [-0.4, -0.2) is 18.9 Å². The van der Waals surface area contributed by atoms with Gasteiger partial charge in [0, 0.05) is 13.0 Å². The molecule has 0 saturated heterocycles. The summed E-state index contributed by atoms with van der Waals surface area (Å²) in [6.07, 6.45) is 2.10. The molecule has 0 aliphatic carbocycles. The molecule has 1 aromatic carbocycles. The van der Waals surface area contributed by atoms with E-state index in [1.165, 1.54) is 0 Å². The summed E-state index contributed by atoms with van der Waals surface area (Å²) in [6, 6.07) is 7.59. The molecule has 1 aliphatic rings. The molecule has 1 aliphatic heterocycles. The predicted molar refractivity (Wildman–Crippen MR) is 49.7 cm³/mol. The third kappa shape index (κ3) is 1.64. The molecule has 1 unspecified atom stereocenters. The van der Waals surface area contributed by atoms with Crippen molar-refractivity contribution in [2.24, 2.45) is 0 Å². The molecule has 2 rings (SSSR count). The van der Waals surface area contributed by atoms with Gasteiger partial charge in [0.2, 0.25) is 6.29 Å². The van der Waals surface area contributed by atoms with Crippen LogP contribution in [0.3, 0.4) is 0 Å². The minimum atomic E-state index is -0.434. The van der Waals surface area contributed by atoms with Crippen LogP contribution in [0.1, 0.15) is 6.42 Å². The third-order valence-electron chi connectivity index (χ3n) is 2.01. The van der Waals surface area contributed by atoms with E-state index in [-0.39, 0.29) is 0 Å². The molecule has 0 amide bonds. The first-order chi connectivity index (χ1) is 6.40. The fraction of sp³-hybridized carbons (Fsp3) is 0.300. The second-order valence-corrected chi connectivity index (χ2v) is 2.94. The van der Waals surface area contributed by atoms with Crippen molar-refractivity contribution in [3.8, 4) is 5.75 Å². The van der Waals surface area contributed by atoms with Gasteiger partial charge in [-0.05, 0) is 12.1 Å². The van der Waals surface area contributed by atoms with E-state index in [9.17, 15) is 4.79 Å². The lowest BCUT2D eigenvalue weighted by Gasteiger charge is -2.09. The van der Waals surface area contributed by atoms with Gasteiger partial charge in [0.1, 0.15) is 5.75 Å². The molecule has 13 heavy (non-hydrogen) atoms. The number of ether oxygens (including phenoxy) is 1. The summed E-state index contributed by atoms with van der Waals surface area (Å²) in [5.74, 6) is 0.730. The maximum Gasteiger partial charge on any atom is 0.242 e. The second kappa shape index (κ2) is 3.47. The number of nitrogens with one attached hydrogen (secondary N) is 1. The van der Waals surface area contributed by atoms with Crippen molar-refractivity contribution >= 4 is 12.0 Å². The Morgan fingerprint density at radius 1 is 1.46 bits per heavy atom. The fourth-order valence-electron chi connectivity index (χ4n) is 1.35. The van der Waals surface area contributed by atoms with E-state index in [1.54, 1.807) is 0 Å². The largest absolute Gasteiger partial charge is 0.480 e. The van der Waals surface area contributed by atoms with Crippen molar-refractivity contribution in [3.63, 3.8) is 0 Å². The van der Waals surface area contributed by atoms with Crippen molar-refractivity contribution < 1.29 is 9.53 Å². The monoisotopic (exact) mass is 176 g/mol. The highest BCUT2D eigenvalue weighted by molar-refractivity contribution is 5.62. The van der Waals surface area contributed by atoms with Gasteiger partial charge in [-0.15, -0.1) is 0 Å². The molecule has 1 N–H and O–H groups in total. The van der Waals surface area contributed by atoms with Crippen LogP contribution >= 0.6 is 0 Å². The van der Waals surface area contributed by atoms with E-state index < -0.39 is 6.10 Å². The van der Waals surface area contributed by atoms with E-state index in [4.69, 9.17) is 4.74 Å². The molecule has 0 spiro atoms. The molecule has 1 radical (unpaired) electrons. The molecular weight excluding hydrogens is 166 g/mol. The molecule has 1 atom stereocenters. The molecule has 0 bridgehead atoms. The van der Waals surface area contributed by atoms with Crippen LogP contribution in [0.25, 0.3) is 0 Å². The number of anilines is 1. The average molecular weight is 176 g/mol. The average Bonchev–Trinajstić information content (AvgIpc) is 2.38. The predicted octanol–water partition coefficient (Wildman–Crippen LogP) is 1.36. The van der Waals surface area contributed by atoms with Crippen LogP contribution in [0, 0.1) is 0 Å². The summed E-state index contributed by atoms with van der Waals surface area (Å²) in [5.41, 5.74) is 0.945. The summed E-state index contributed by atoms with van der Waals surface area (Å²) < 4.78 is 5.42. The number of benzene rings is 1. The lowest BCUT2D eigenvalue weighted by molar-refractivity contribution is 0.260. The Morgan fingerprint density at radius 2 is 2.31 bits per heavy atom. The van der Waals surface area contributed by atoms with Crippen molar-refractivity contribution in [3.05, 3.63) is 24.3 Å². The van der Waals surface area contributed by atoms with E-state index in [2.05, 4.69) is 5.32 Å². The van der Waals surface area contributed by atoms with Crippen LogP contribution < -0.4 is 10.1 Å². The number of para-hydroxylation sites is 2. The minimum absolute atomic E-state index is 0.434. The number of carbonyl (C=O) groups excluding carboxylic acids is 1. The van der Waals surface area contributed by atoms with Gasteiger partial charge in [0.15, 0.2) is 6.10 Å². The zero-order valence-corrected chi connectivity index (χ0v) is 7.12. The van der Waals surface area contributed by atoms with Crippen molar-refractivity contribution in [1.29, 1.82) is 0 Å². The summed E-state index contributed by atoms with van der Waals surface area (Å²) in [7, 11) is 0. The molecular formula is C10H10NO2. The third-order valence-corrected chi connectivity index (χ3v) is 2.01. The lowest BCUT2D eigenvalue weighted by atomic mass is 10.3. The second-order valence-electron chi connectivity index (χ2n) is 2.94. The normalized spacial score (nSPS) is 20.5. The Bertz CT molecular complexity index is 312. The van der Waals surface area contributed by atoms with Gasteiger partial charge in [-0.2, -0.15) is 0 Å².